The third-order valence-corrected chi connectivity index (χ3v) is 5.68. The summed E-state index contributed by atoms with van der Waals surface area (Å²) >= 11 is 2.70. The highest BCUT2D eigenvalue weighted by Crippen LogP contribution is 2.35. The number of nitrogens with zero attached hydrogens (tertiary/aromatic N) is 2. The quantitative estimate of drug-likeness (QED) is 0.588. The summed E-state index contributed by atoms with van der Waals surface area (Å²) < 4.78 is 5.23. The molecule has 0 aliphatic carbocycles. The van der Waals surface area contributed by atoms with Gasteiger partial charge < -0.3 is 10.1 Å². The third kappa shape index (κ3) is 4.55. The van der Waals surface area contributed by atoms with Crippen molar-refractivity contribution in [3.05, 3.63) is 40.9 Å². The number of nitrogens with one attached hydrogen (secondary N) is 2. The molecular formula is C19H20N4O3S2. The molecule has 0 saturated carbocycles. The predicted octanol–water partition coefficient (Wildman–Crippen LogP) is 4.57. The number of methoxy groups -OCH3 is 1. The first kappa shape index (κ1) is 20.0. The topological polar surface area (TPSA) is 93.2 Å². The van der Waals surface area contributed by atoms with Gasteiger partial charge in [-0.2, -0.15) is 0 Å². The van der Waals surface area contributed by atoms with Crippen LogP contribution in [0.25, 0.3) is 10.6 Å². The monoisotopic (exact) mass is 416 g/mol. The van der Waals surface area contributed by atoms with E-state index in [0.29, 0.717) is 28.0 Å². The lowest BCUT2D eigenvalue weighted by Gasteiger charge is -2.06. The van der Waals surface area contributed by atoms with E-state index >= 15 is 0 Å². The number of benzene rings is 1. The highest BCUT2D eigenvalue weighted by atomic mass is 32.1. The molecule has 0 fully saturated rings. The molecule has 2 aromatic heterocycles. The Kier molecular flexibility index (Phi) is 6.37. The Morgan fingerprint density at radius 3 is 2.68 bits per heavy atom. The minimum atomic E-state index is -0.288. The van der Waals surface area contributed by atoms with Crippen LogP contribution >= 0.6 is 22.7 Å². The normalized spacial score (nSPS) is 10.5. The number of thiazole rings is 2. The van der Waals surface area contributed by atoms with Gasteiger partial charge in [0.1, 0.15) is 5.75 Å². The zero-order valence-corrected chi connectivity index (χ0v) is 17.4. The van der Waals surface area contributed by atoms with Gasteiger partial charge in [0.05, 0.1) is 28.9 Å². The second-order valence-electron chi connectivity index (χ2n) is 5.92. The van der Waals surface area contributed by atoms with Crippen LogP contribution in [0.4, 0.5) is 10.3 Å². The molecule has 9 heteroatoms. The molecular weight excluding hydrogens is 396 g/mol. The van der Waals surface area contributed by atoms with Crippen LogP contribution in [-0.4, -0.2) is 28.9 Å². The average Bonchev–Trinajstić information content (AvgIpc) is 3.27. The number of amides is 2. The van der Waals surface area contributed by atoms with Gasteiger partial charge in [-0.1, -0.05) is 30.4 Å². The summed E-state index contributed by atoms with van der Waals surface area (Å²) in [4.78, 5) is 34.0. The molecule has 0 aliphatic rings. The lowest BCUT2D eigenvalue weighted by Crippen LogP contribution is -2.12. The minimum absolute atomic E-state index is 0.0470. The van der Waals surface area contributed by atoms with Crippen molar-refractivity contribution in [1.82, 2.24) is 9.97 Å². The highest BCUT2D eigenvalue weighted by molar-refractivity contribution is 7.20. The first-order valence-electron chi connectivity index (χ1n) is 8.69. The fraction of sp³-hybridized carbons (Fsp3) is 0.263. The van der Waals surface area contributed by atoms with Gasteiger partial charge in [-0.15, -0.1) is 11.3 Å². The molecule has 0 radical (unpaired) electrons. The van der Waals surface area contributed by atoms with Gasteiger partial charge in [0.25, 0.3) is 5.91 Å². The third-order valence-electron chi connectivity index (χ3n) is 3.83. The van der Waals surface area contributed by atoms with Gasteiger partial charge >= 0.3 is 0 Å². The van der Waals surface area contributed by atoms with Crippen LogP contribution in [0.5, 0.6) is 5.75 Å². The number of aromatic nitrogens is 2. The molecule has 2 heterocycles. The molecule has 146 valence electrons. The van der Waals surface area contributed by atoms with Crippen molar-refractivity contribution in [3.63, 3.8) is 0 Å². The lowest BCUT2D eigenvalue weighted by atomic mass is 10.2. The first-order chi connectivity index (χ1) is 13.5. The summed E-state index contributed by atoms with van der Waals surface area (Å²) in [5.74, 6) is 0.165. The second kappa shape index (κ2) is 8.94. The Labute approximate surface area is 170 Å². The number of anilines is 2. The Morgan fingerprint density at radius 1 is 1.14 bits per heavy atom. The maximum atomic E-state index is 12.6. The van der Waals surface area contributed by atoms with E-state index < -0.39 is 0 Å². The van der Waals surface area contributed by atoms with Crippen LogP contribution in [0.15, 0.2) is 29.6 Å². The van der Waals surface area contributed by atoms with Crippen molar-refractivity contribution < 1.29 is 14.3 Å². The van der Waals surface area contributed by atoms with E-state index in [-0.39, 0.29) is 11.8 Å². The van der Waals surface area contributed by atoms with E-state index in [1.807, 2.05) is 19.2 Å². The number of hydrogen-bond donors (Lipinski definition) is 2. The highest BCUT2D eigenvalue weighted by Gasteiger charge is 2.17. The van der Waals surface area contributed by atoms with Crippen molar-refractivity contribution in [2.75, 3.05) is 17.7 Å². The number of para-hydroxylation sites is 1. The van der Waals surface area contributed by atoms with Gasteiger partial charge in [0.2, 0.25) is 5.91 Å². The molecule has 0 bridgehead atoms. The summed E-state index contributed by atoms with van der Waals surface area (Å²) in [6.07, 6.45) is 1.25. The maximum absolute atomic E-state index is 12.6. The largest absolute Gasteiger partial charge is 0.496 e. The van der Waals surface area contributed by atoms with Crippen LogP contribution in [0, 0.1) is 6.92 Å². The van der Waals surface area contributed by atoms with Crippen LogP contribution in [0.3, 0.4) is 0 Å². The number of carbonyl (C=O) groups excluding carboxylic acids is 2. The maximum Gasteiger partial charge on any atom is 0.261 e. The number of carbonyl (C=O) groups is 2. The van der Waals surface area contributed by atoms with Crippen LogP contribution in [0.2, 0.25) is 0 Å². The Hall–Kier alpha value is -2.78. The van der Waals surface area contributed by atoms with Crippen molar-refractivity contribution in [2.45, 2.75) is 26.7 Å². The van der Waals surface area contributed by atoms with E-state index in [1.54, 1.807) is 24.3 Å². The molecule has 0 aliphatic heterocycles. The minimum Gasteiger partial charge on any atom is -0.496 e. The van der Waals surface area contributed by atoms with Crippen LogP contribution in [-0.2, 0) is 4.79 Å². The molecule has 2 amide bonds. The molecule has 0 spiro atoms. The van der Waals surface area contributed by atoms with Crippen LogP contribution in [0.1, 0.15) is 35.8 Å². The summed E-state index contributed by atoms with van der Waals surface area (Å²) in [5.41, 5.74) is 1.93. The summed E-state index contributed by atoms with van der Waals surface area (Å²) in [6.45, 7) is 3.81. The number of aryl methyl sites for hydroxylation is 1. The molecule has 0 saturated heterocycles. The number of ether oxygens (including phenoxy) is 1. The first-order valence-corrected chi connectivity index (χ1v) is 10.4. The molecule has 0 unspecified atom stereocenters. The summed E-state index contributed by atoms with van der Waals surface area (Å²) in [7, 11) is 1.52. The fourth-order valence-corrected chi connectivity index (χ4v) is 4.24. The zero-order valence-electron chi connectivity index (χ0n) is 15.7. The van der Waals surface area contributed by atoms with E-state index in [9.17, 15) is 9.59 Å². The summed E-state index contributed by atoms with van der Waals surface area (Å²) in [5, 5.41) is 8.51. The molecule has 2 N–H and O–H groups in total. The SMILES string of the molecule is CCCC(=O)Nc1nc(-c2sc(NC(=O)c3ccccc3OC)nc2C)cs1. The van der Waals surface area contributed by atoms with Crippen molar-refractivity contribution >= 4 is 44.8 Å². The molecule has 3 aromatic rings. The molecule has 28 heavy (non-hydrogen) atoms. The average molecular weight is 417 g/mol. The van der Waals surface area contributed by atoms with E-state index in [0.717, 1.165) is 22.7 Å². The Morgan fingerprint density at radius 2 is 1.93 bits per heavy atom. The Bertz CT molecular complexity index is 997. The standard InChI is InChI=1S/C19H20N4O3S2/c1-4-7-15(24)22-18-21-13(10-27-18)16-11(2)20-19(28-16)23-17(25)12-8-5-6-9-14(12)26-3/h5-6,8-10H,4,7H2,1-3H3,(H,20,23,25)(H,21,22,24). The fourth-order valence-electron chi connectivity index (χ4n) is 2.53. The predicted molar refractivity (Wildman–Crippen MR) is 112 cm³/mol. The van der Waals surface area contributed by atoms with Crippen molar-refractivity contribution in [3.8, 4) is 16.3 Å². The van der Waals surface area contributed by atoms with Gasteiger partial charge in [0.15, 0.2) is 10.3 Å². The van der Waals surface area contributed by atoms with E-state index in [1.165, 1.54) is 29.8 Å². The van der Waals surface area contributed by atoms with Crippen molar-refractivity contribution in [2.24, 2.45) is 0 Å². The van der Waals surface area contributed by atoms with Gasteiger partial charge in [0, 0.05) is 11.8 Å². The van der Waals surface area contributed by atoms with E-state index in [4.69, 9.17) is 4.74 Å². The number of rotatable bonds is 7. The second-order valence-corrected chi connectivity index (χ2v) is 7.78. The smallest absolute Gasteiger partial charge is 0.261 e. The Balaban J connectivity index is 1.76. The molecule has 1 aromatic carbocycles. The van der Waals surface area contributed by atoms with E-state index in [2.05, 4.69) is 20.6 Å². The molecule has 0 atom stereocenters. The molecule has 3 rings (SSSR count). The summed E-state index contributed by atoms with van der Waals surface area (Å²) in [6, 6.07) is 7.01. The molecule has 7 nitrogen and oxygen atoms in total. The van der Waals surface area contributed by atoms with Crippen LogP contribution < -0.4 is 15.4 Å². The number of hydrogen-bond acceptors (Lipinski definition) is 7. The van der Waals surface area contributed by atoms with Crippen molar-refractivity contribution in [1.29, 1.82) is 0 Å². The zero-order chi connectivity index (χ0) is 20.1. The van der Waals surface area contributed by atoms with Gasteiger partial charge in [-0.3, -0.25) is 14.9 Å². The van der Waals surface area contributed by atoms with Gasteiger partial charge in [-0.25, -0.2) is 9.97 Å². The van der Waals surface area contributed by atoms with Gasteiger partial charge in [-0.05, 0) is 25.5 Å². The lowest BCUT2D eigenvalue weighted by molar-refractivity contribution is -0.116.